The lowest BCUT2D eigenvalue weighted by atomic mass is 9.97. The topological polar surface area (TPSA) is 85.2 Å². The van der Waals surface area contributed by atoms with Crippen LogP contribution < -0.4 is 16.4 Å². The summed E-state index contributed by atoms with van der Waals surface area (Å²) in [6.45, 7) is 4.32. The molecular formula is C13H20N4O. The highest BCUT2D eigenvalue weighted by atomic mass is 16.1. The molecule has 4 N–H and O–H groups in total. The molecule has 0 aliphatic carbocycles. The van der Waals surface area contributed by atoms with Crippen LogP contribution in [0.4, 0.5) is 5.82 Å². The number of nitrogens with two attached hydrogens (primary N) is 2. The fourth-order valence-corrected chi connectivity index (χ4v) is 2.54. The van der Waals surface area contributed by atoms with Crippen LogP contribution >= 0.6 is 0 Å². The van der Waals surface area contributed by atoms with E-state index >= 15 is 0 Å². The lowest BCUT2D eigenvalue weighted by Crippen LogP contribution is -2.40. The largest absolute Gasteiger partial charge is 0.365 e. The van der Waals surface area contributed by atoms with Crippen molar-refractivity contribution >= 4 is 11.7 Å². The Morgan fingerprint density at radius 3 is 3.06 bits per heavy atom. The number of piperidine rings is 1. The van der Waals surface area contributed by atoms with Gasteiger partial charge < -0.3 is 16.4 Å². The van der Waals surface area contributed by atoms with Crippen molar-refractivity contribution in [1.29, 1.82) is 0 Å². The molecule has 0 aromatic carbocycles. The highest BCUT2D eigenvalue weighted by Crippen LogP contribution is 2.25. The molecule has 1 aliphatic rings. The average molecular weight is 248 g/mol. The zero-order chi connectivity index (χ0) is 13.1. The van der Waals surface area contributed by atoms with Crippen LogP contribution in [0, 0.1) is 12.8 Å². The Labute approximate surface area is 107 Å². The number of carbonyl (C=O) groups is 1. The van der Waals surface area contributed by atoms with Crippen molar-refractivity contribution in [2.75, 3.05) is 24.5 Å². The lowest BCUT2D eigenvalue weighted by molar-refractivity contribution is 0.0999. The van der Waals surface area contributed by atoms with Crippen LogP contribution in [0.1, 0.15) is 28.8 Å². The number of aryl methyl sites for hydroxylation is 1. The van der Waals surface area contributed by atoms with Crippen molar-refractivity contribution in [2.45, 2.75) is 19.8 Å². The summed E-state index contributed by atoms with van der Waals surface area (Å²) in [6, 6.07) is 1.81. The van der Waals surface area contributed by atoms with Gasteiger partial charge in [0.05, 0.1) is 5.56 Å². The fraction of sp³-hybridized carbons (Fsp3) is 0.538. The second-order valence-electron chi connectivity index (χ2n) is 4.88. The third-order valence-corrected chi connectivity index (χ3v) is 3.54. The molecule has 0 bridgehead atoms. The third kappa shape index (κ3) is 2.46. The lowest BCUT2D eigenvalue weighted by Gasteiger charge is -2.34. The van der Waals surface area contributed by atoms with Gasteiger partial charge in [0, 0.05) is 19.3 Å². The van der Waals surface area contributed by atoms with E-state index in [0.29, 0.717) is 23.8 Å². The Morgan fingerprint density at radius 1 is 1.61 bits per heavy atom. The molecule has 1 aliphatic heterocycles. The molecule has 0 radical (unpaired) electrons. The van der Waals surface area contributed by atoms with E-state index in [9.17, 15) is 4.79 Å². The third-order valence-electron chi connectivity index (χ3n) is 3.54. The second-order valence-corrected chi connectivity index (χ2v) is 4.88. The van der Waals surface area contributed by atoms with Crippen molar-refractivity contribution in [3.8, 4) is 0 Å². The minimum atomic E-state index is -0.412. The predicted molar refractivity (Wildman–Crippen MR) is 71.5 cm³/mol. The summed E-state index contributed by atoms with van der Waals surface area (Å²) >= 11 is 0. The molecule has 1 saturated heterocycles. The first-order valence-corrected chi connectivity index (χ1v) is 6.34. The number of carbonyl (C=O) groups excluding carboxylic acids is 1. The van der Waals surface area contributed by atoms with E-state index in [1.54, 1.807) is 6.20 Å². The van der Waals surface area contributed by atoms with Gasteiger partial charge in [0.1, 0.15) is 5.82 Å². The SMILES string of the molecule is Cc1ccnc(N2CCCC(CN)C2)c1C(N)=O. The molecule has 1 fully saturated rings. The van der Waals surface area contributed by atoms with Crippen LogP contribution in [-0.4, -0.2) is 30.5 Å². The monoisotopic (exact) mass is 248 g/mol. The summed E-state index contributed by atoms with van der Waals surface area (Å²) in [4.78, 5) is 18.0. The number of rotatable bonds is 3. The van der Waals surface area contributed by atoms with Gasteiger partial charge in [0.25, 0.3) is 5.91 Å². The fourth-order valence-electron chi connectivity index (χ4n) is 2.54. The van der Waals surface area contributed by atoms with Gasteiger partial charge in [-0.2, -0.15) is 0 Å². The Balaban J connectivity index is 2.32. The van der Waals surface area contributed by atoms with Gasteiger partial charge in [0.2, 0.25) is 0 Å². The maximum atomic E-state index is 11.6. The Hall–Kier alpha value is -1.62. The minimum Gasteiger partial charge on any atom is -0.365 e. The van der Waals surface area contributed by atoms with Crippen LogP contribution in [0.2, 0.25) is 0 Å². The number of hydrogen-bond acceptors (Lipinski definition) is 4. The van der Waals surface area contributed by atoms with E-state index in [0.717, 1.165) is 31.5 Å². The molecule has 1 amide bonds. The van der Waals surface area contributed by atoms with Gasteiger partial charge in [-0.3, -0.25) is 4.79 Å². The molecule has 18 heavy (non-hydrogen) atoms. The summed E-state index contributed by atoms with van der Waals surface area (Å²) < 4.78 is 0. The van der Waals surface area contributed by atoms with Crippen LogP contribution in [-0.2, 0) is 0 Å². The standard InChI is InChI=1S/C13H20N4O/c1-9-4-5-16-13(11(9)12(15)18)17-6-2-3-10(7-14)8-17/h4-5,10H,2-3,6-8,14H2,1H3,(H2,15,18). The summed E-state index contributed by atoms with van der Waals surface area (Å²) in [5.74, 6) is 0.771. The first-order chi connectivity index (χ1) is 8.63. The van der Waals surface area contributed by atoms with Crippen LogP contribution in [0.25, 0.3) is 0 Å². The van der Waals surface area contributed by atoms with Crippen LogP contribution in [0.5, 0.6) is 0 Å². The van der Waals surface area contributed by atoms with Gasteiger partial charge in [-0.1, -0.05) is 0 Å². The van der Waals surface area contributed by atoms with E-state index in [-0.39, 0.29) is 0 Å². The summed E-state index contributed by atoms with van der Waals surface area (Å²) in [5.41, 5.74) is 12.6. The average Bonchev–Trinajstić information content (AvgIpc) is 2.38. The number of aromatic nitrogens is 1. The van der Waals surface area contributed by atoms with Crippen molar-refractivity contribution in [2.24, 2.45) is 17.4 Å². The van der Waals surface area contributed by atoms with Crippen molar-refractivity contribution in [3.63, 3.8) is 0 Å². The molecule has 2 rings (SSSR count). The number of primary amides is 1. The van der Waals surface area contributed by atoms with Gasteiger partial charge in [-0.15, -0.1) is 0 Å². The first-order valence-electron chi connectivity index (χ1n) is 6.34. The van der Waals surface area contributed by atoms with Gasteiger partial charge in [-0.25, -0.2) is 4.98 Å². The quantitative estimate of drug-likeness (QED) is 0.823. The smallest absolute Gasteiger partial charge is 0.252 e. The summed E-state index contributed by atoms with van der Waals surface area (Å²) in [5, 5.41) is 0. The van der Waals surface area contributed by atoms with Crippen LogP contribution in [0.15, 0.2) is 12.3 Å². The number of amides is 1. The van der Waals surface area contributed by atoms with E-state index in [2.05, 4.69) is 9.88 Å². The van der Waals surface area contributed by atoms with Crippen molar-refractivity contribution in [1.82, 2.24) is 4.98 Å². The first kappa shape index (κ1) is 12.8. The summed E-state index contributed by atoms with van der Waals surface area (Å²) in [6.07, 6.45) is 3.95. The molecule has 0 saturated carbocycles. The Bertz CT molecular complexity index is 447. The second kappa shape index (κ2) is 5.35. The van der Waals surface area contributed by atoms with Crippen molar-refractivity contribution < 1.29 is 4.79 Å². The molecule has 1 unspecified atom stereocenters. The van der Waals surface area contributed by atoms with E-state index < -0.39 is 5.91 Å². The zero-order valence-corrected chi connectivity index (χ0v) is 10.7. The number of pyridine rings is 1. The molecule has 5 nitrogen and oxygen atoms in total. The number of anilines is 1. The molecule has 0 spiro atoms. The number of nitrogens with zero attached hydrogens (tertiary/aromatic N) is 2. The normalized spacial score (nSPS) is 19.9. The maximum absolute atomic E-state index is 11.6. The van der Waals surface area contributed by atoms with E-state index in [1.807, 2.05) is 13.0 Å². The highest BCUT2D eigenvalue weighted by molar-refractivity contribution is 5.99. The number of hydrogen-bond donors (Lipinski definition) is 2. The minimum absolute atomic E-state index is 0.412. The van der Waals surface area contributed by atoms with Gasteiger partial charge >= 0.3 is 0 Å². The molecule has 5 heteroatoms. The molecule has 1 atom stereocenters. The zero-order valence-electron chi connectivity index (χ0n) is 10.7. The maximum Gasteiger partial charge on any atom is 0.252 e. The predicted octanol–water partition coefficient (Wildman–Crippen LogP) is 0.664. The molecule has 1 aromatic rings. The Kier molecular flexibility index (Phi) is 3.81. The highest BCUT2D eigenvalue weighted by Gasteiger charge is 2.24. The molecular weight excluding hydrogens is 228 g/mol. The van der Waals surface area contributed by atoms with Gasteiger partial charge in [-0.05, 0) is 43.9 Å². The van der Waals surface area contributed by atoms with E-state index in [1.165, 1.54) is 0 Å². The molecule has 98 valence electrons. The molecule has 1 aromatic heterocycles. The Morgan fingerprint density at radius 2 is 2.39 bits per heavy atom. The summed E-state index contributed by atoms with van der Waals surface area (Å²) in [7, 11) is 0. The van der Waals surface area contributed by atoms with E-state index in [4.69, 9.17) is 11.5 Å². The van der Waals surface area contributed by atoms with Crippen LogP contribution in [0.3, 0.4) is 0 Å². The molecule has 2 heterocycles. The van der Waals surface area contributed by atoms with Gasteiger partial charge in [0.15, 0.2) is 0 Å². The van der Waals surface area contributed by atoms with Crippen molar-refractivity contribution in [3.05, 3.63) is 23.4 Å².